The van der Waals surface area contributed by atoms with E-state index in [9.17, 15) is 9.90 Å². The molecule has 3 N–H and O–H groups in total. The molecule has 1 aliphatic rings. The molecule has 2 amide bonds. The maximum atomic E-state index is 12.1. The van der Waals surface area contributed by atoms with E-state index in [1.54, 1.807) is 31.4 Å². The number of hydrogen-bond donors (Lipinski definition) is 3. The fraction of sp³-hybridized carbons (Fsp3) is 0.588. The third-order valence-electron chi connectivity index (χ3n) is 4.26. The molecule has 1 aromatic carbocycles. The van der Waals surface area contributed by atoms with Crippen molar-refractivity contribution in [2.45, 2.75) is 32.1 Å². The molecular formula is C17H27N3O4. The summed E-state index contributed by atoms with van der Waals surface area (Å²) in [7, 11) is 1.57. The molecule has 1 fully saturated rings. The van der Waals surface area contributed by atoms with Crippen LogP contribution < -0.4 is 15.4 Å². The number of likely N-dealkylation sites (N-methyl/N-ethyl adjacent to an activating group) is 1. The molecule has 0 unspecified atom stereocenters. The number of aliphatic hydroxyl groups excluding tert-OH is 1. The third-order valence-corrected chi connectivity index (χ3v) is 4.26. The molecule has 0 aliphatic carbocycles. The van der Waals surface area contributed by atoms with Gasteiger partial charge in [0.15, 0.2) is 0 Å². The van der Waals surface area contributed by atoms with Crippen LogP contribution in [0.4, 0.5) is 10.5 Å². The summed E-state index contributed by atoms with van der Waals surface area (Å²) in [6.07, 6.45) is -1.01. The lowest BCUT2D eigenvalue weighted by atomic mass is 10.1. The second kappa shape index (κ2) is 8.86. The summed E-state index contributed by atoms with van der Waals surface area (Å²) in [5.74, 6) is 0.663. The Hall–Kier alpha value is -1.83. The molecule has 0 saturated carbocycles. The minimum Gasteiger partial charge on any atom is -0.497 e. The van der Waals surface area contributed by atoms with Crippen molar-refractivity contribution in [1.82, 2.24) is 10.2 Å². The van der Waals surface area contributed by atoms with Crippen LogP contribution >= 0.6 is 0 Å². The molecule has 7 nitrogen and oxygen atoms in total. The highest BCUT2D eigenvalue weighted by Gasteiger charge is 2.37. The predicted octanol–water partition coefficient (Wildman–Crippen LogP) is 1.29. The van der Waals surface area contributed by atoms with Crippen LogP contribution in [0.3, 0.4) is 0 Å². The highest BCUT2D eigenvalue weighted by Crippen LogP contribution is 2.18. The highest BCUT2D eigenvalue weighted by atomic mass is 16.5. The Morgan fingerprint density at radius 1 is 1.42 bits per heavy atom. The van der Waals surface area contributed by atoms with Gasteiger partial charge in [-0.3, -0.25) is 0 Å². The van der Waals surface area contributed by atoms with Crippen molar-refractivity contribution in [2.75, 3.05) is 38.7 Å². The van der Waals surface area contributed by atoms with E-state index >= 15 is 0 Å². The lowest BCUT2D eigenvalue weighted by Gasteiger charge is -2.24. The number of aliphatic hydroxyl groups is 1. The SMILES string of the molecule is CCN(CC)C[C@@H]1OC[C@H](NC(=O)Nc2cccc(OC)c2)[C@H]1O. The zero-order valence-corrected chi connectivity index (χ0v) is 14.5. The minimum atomic E-state index is -0.721. The second-order valence-corrected chi connectivity index (χ2v) is 5.79. The number of urea groups is 1. The van der Waals surface area contributed by atoms with Gasteiger partial charge in [0.2, 0.25) is 0 Å². The smallest absolute Gasteiger partial charge is 0.319 e. The molecule has 0 spiro atoms. The van der Waals surface area contributed by atoms with Crippen molar-refractivity contribution >= 4 is 11.7 Å². The lowest BCUT2D eigenvalue weighted by Crippen LogP contribution is -2.48. The van der Waals surface area contributed by atoms with Gasteiger partial charge < -0.3 is 30.1 Å². The van der Waals surface area contributed by atoms with E-state index in [2.05, 4.69) is 29.4 Å². The molecular weight excluding hydrogens is 310 g/mol. The molecule has 1 saturated heterocycles. The van der Waals surface area contributed by atoms with Crippen LogP contribution in [0, 0.1) is 0 Å². The molecule has 0 bridgehead atoms. The van der Waals surface area contributed by atoms with Crippen LogP contribution in [0.15, 0.2) is 24.3 Å². The van der Waals surface area contributed by atoms with Gasteiger partial charge in [0.05, 0.1) is 25.9 Å². The van der Waals surface area contributed by atoms with Crippen LogP contribution in [0.2, 0.25) is 0 Å². The Balaban J connectivity index is 1.85. The van der Waals surface area contributed by atoms with E-state index < -0.39 is 12.1 Å². The highest BCUT2D eigenvalue weighted by molar-refractivity contribution is 5.89. The standard InChI is InChI=1S/C17H27N3O4/c1-4-20(5-2)10-15-16(21)14(11-24-15)19-17(22)18-12-7-6-8-13(9-12)23-3/h6-9,14-16,21H,4-5,10-11H2,1-3H3,(H2,18,19,22)/t14-,15-,16+/m0/s1. The number of amides is 2. The van der Waals surface area contributed by atoms with E-state index in [-0.39, 0.29) is 12.1 Å². The molecule has 2 rings (SSSR count). The van der Waals surface area contributed by atoms with Crippen molar-refractivity contribution in [1.29, 1.82) is 0 Å². The van der Waals surface area contributed by atoms with Crippen LogP contribution in [0.1, 0.15) is 13.8 Å². The van der Waals surface area contributed by atoms with Crippen molar-refractivity contribution < 1.29 is 19.4 Å². The number of nitrogens with zero attached hydrogens (tertiary/aromatic N) is 1. The van der Waals surface area contributed by atoms with E-state index in [0.717, 1.165) is 13.1 Å². The number of carbonyl (C=O) groups excluding carboxylic acids is 1. The van der Waals surface area contributed by atoms with Gasteiger partial charge in [-0.25, -0.2) is 4.79 Å². The van der Waals surface area contributed by atoms with Crippen LogP contribution in [0.5, 0.6) is 5.75 Å². The van der Waals surface area contributed by atoms with Gasteiger partial charge in [-0.2, -0.15) is 0 Å². The molecule has 0 radical (unpaired) electrons. The van der Waals surface area contributed by atoms with Gasteiger partial charge in [0.1, 0.15) is 11.9 Å². The lowest BCUT2D eigenvalue weighted by molar-refractivity contribution is 0.0173. The number of rotatable bonds is 7. The van der Waals surface area contributed by atoms with Gasteiger partial charge in [-0.15, -0.1) is 0 Å². The van der Waals surface area contributed by atoms with E-state index in [0.29, 0.717) is 24.6 Å². The number of carbonyl (C=O) groups is 1. The van der Waals surface area contributed by atoms with E-state index in [4.69, 9.17) is 9.47 Å². The quantitative estimate of drug-likeness (QED) is 0.698. The molecule has 1 aromatic rings. The number of nitrogens with one attached hydrogen (secondary N) is 2. The number of ether oxygens (including phenoxy) is 2. The Bertz CT molecular complexity index is 536. The summed E-state index contributed by atoms with van der Waals surface area (Å²) in [6.45, 7) is 6.90. The zero-order chi connectivity index (χ0) is 17.5. The van der Waals surface area contributed by atoms with Crippen molar-refractivity contribution in [3.05, 3.63) is 24.3 Å². The van der Waals surface area contributed by atoms with E-state index in [1.165, 1.54) is 0 Å². The largest absolute Gasteiger partial charge is 0.497 e. The summed E-state index contributed by atoms with van der Waals surface area (Å²) in [5.41, 5.74) is 0.625. The number of benzene rings is 1. The summed E-state index contributed by atoms with van der Waals surface area (Å²) < 4.78 is 10.8. The first-order valence-electron chi connectivity index (χ1n) is 8.31. The third kappa shape index (κ3) is 4.83. The van der Waals surface area contributed by atoms with E-state index in [1.807, 2.05) is 0 Å². The monoisotopic (exact) mass is 337 g/mol. The Kier molecular flexibility index (Phi) is 6.84. The maximum Gasteiger partial charge on any atom is 0.319 e. The van der Waals surface area contributed by atoms with Crippen LogP contribution in [-0.2, 0) is 4.74 Å². The molecule has 7 heteroatoms. The second-order valence-electron chi connectivity index (χ2n) is 5.79. The average molecular weight is 337 g/mol. The number of methoxy groups -OCH3 is 1. The van der Waals surface area contributed by atoms with Crippen molar-refractivity contribution in [2.24, 2.45) is 0 Å². The first-order valence-corrected chi connectivity index (χ1v) is 8.31. The molecule has 24 heavy (non-hydrogen) atoms. The Morgan fingerprint density at radius 2 is 2.17 bits per heavy atom. The zero-order valence-electron chi connectivity index (χ0n) is 14.5. The normalized spacial score (nSPS) is 23.3. The minimum absolute atomic E-state index is 0.285. The van der Waals surface area contributed by atoms with Gasteiger partial charge in [-0.1, -0.05) is 19.9 Å². The summed E-state index contributed by atoms with van der Waals surface area (Å²) in [5, 5.41) is 15.9. The first kappa shape index (κ1) is 18.5. The maximum absolute atomic E-state index is 12.1. The predicted molar refractivity (Wildman–Crippen MR) is 92.5 cm³/mol. The van der Waals surface area contributed by atoms with Crippen molar-refractivity contribution in [3.8, 4) is 5.75 Å². The average Bonchev–Trinajstić information content (AvgIpc) is 2.92. The number of anilines is 1. The van der Waals surface area contributed by atoms with Crippen LogP contribution in [0.25, 0.3) is 0 Å². The first-order chi connectivity index (χ1) is 11.6. The fourth-order valence-electron chi connectivity index (χ4n) is 2.74. The van der Waals surface area contributed by atoms with Gasteiger partial charge >= 0.3 is 6.03 Å². The molecule has 1 aliphatic heterocycles. The summed E-state index contributed by atoms with van der Waals surface area (Å²) in [6, 6.07) is 6.30. The van der Waals surface area contributed by atoms with Crippen molar-refractivity contribution in [3.63, 3.8) is 0 Å². The fourth-order valence-corrected chi connectivity index (χ4v) is 2.74. The van der Waals surface area contributed by atoms with Crippen LogP contribution in [-0.4, -0.2) is 67.6 Å². The Morgan fingerprint density at radius 3 is 2.83 bits per heavy atom. The summed E-state index contributed by atoms with van der Waals surface area (Å²) >= 11 is 0. The molecule has 0 aromatic heterocycles. The summed E-state index contributed by atoms with van der Waals surface area (Å²) in [4.78, 5) is 14.3. The molecule has 1 heterocycles. The molecule has 134 valence electrons. The molecule has 3 atom stereocenters. The van der Waals surface area contributed by atoms with Gasteiger partial charge in [0, 0.05) is 18.3 Å². The van der Waals surface area contributed by atoms with Gasteiger partial charge in [-0.05, 0) is 25.2 Å². The number of hydrogen-bond acceptors (Lipinski definition) is 5. The van der Waals surface area contributed by atoms with Gasteiger partial charge in [0.25, 0.3) is 0 Å². The Labute approximate surface area is 142 Å². The topological polar surface area (TPSA) is 83.1 Å².